The quantitative estimate of drug-likeness (QED) is 0.827. The smallest absolute Gasteiger partial charge is 0.305 e. The van der Waals surface area contributed by atoms with E-state index in [9.17, 15) is 13.2 Å². The van der Waals surface area contributed by atoms with Crippen LogP contribution in [0.5, 0.6) is 0 Å². The summed E-state index contributed by atoms with van der Waals surface area (Å²) in [4.78, 5) is 2.24. The highest BCUT2D eigenvalue weighted by Gasteiger charge is 2.32. The molecule has 0 spiro atoms. The molecule has 1 saturated heterocycles. The Morgan fingerprint density at radius 1 is 1.29 bits per heavy atom. The molecule has 1 N–H and O–H groups in total. The number of likely N-dealkylation sites (N-methyl/N-ethyl adjacent to an activating group) is 1. The summed E-state index contributed by atoms with van der Waals surface area (Å²) in [6.07, 6.45) is -3.26. The highest BCUT2D eigenvalue weighted by atomic mass is 19.4. The second-order valence-corrected chi connectivity index (χ2v) is 5.28. The predicted molar refractivity (Wildman–Crippen MR) is 62.9 cm³/mol. The Morgan fingerprint density at radius 2 is 1.94 bits per heavy atom. The van der Waals surface area contributed by atoms with Crippen molar-refractivity contribution in [2.24, 2.45) is 11.8 Å². The fourth-order valence-electron chi connectivity index (χ4n) is 2.38. The lowest BCUT2D eigenvalue weighted by atomic mass is 9.85. The van der Waals surface area contributed by atoms with Gasteiger partial charge >= 0.3 is 6.18 Å². The predicted octanol–water partition coefficient (Wildman–Crippen LogP) is 2.50. The summed E-state index contributed by atoms with van der Waals surface area (Å²) in [6.45, 7) is 8.13. The van der Waals surface area contributed by atoms with Crippen LogP contribution in [0.3, 0.4) is 0 Å². The fraction of sp³-hybridized carbons (Fsp3) is 1.00. The average Bonchev–Trinajstić information content (AvgIpc) is 2.25. The molecule has 102 valence electrons. The molecule has 0 aliphatic carbocycles. The lowest BCUT2D eigenvalue weighted by Gasteiger charge is -2.39. The van der Waals surface area contributed by atoms with Gasteiger partial charge in [0, 0.05) is 19.1 Å². The number of halogens is 3. The molecule has 0 amide bonds. The molecule has 1 rings (SSSR count). The molecule has 1 aliphatic rings. The molecule has 0 saturated carbocycles. The van der Waals surface area contributed by atoms with Gasteiger partial charge < -0.3 is 10.2 Å². The van der Waals surface area contributed by atoms with E-state index in [0.29, 0.717) is 11.8 Å². The van der Waals surface area contributed by atoms with Gasteiger partial charge in [0.1, 0.15) is 0 Å². The molecule has 2 nitrogen and oxygen atoms in total. The topological polar surface area (TPSA) is 15.3 Å². The molecule has 1 heterocycles. The Bertz CT molecular complexity index is 228. The van der Waals surface area contributed by atoms with Gasteiger partial charge in [-0.25, -0.2) is 0 Å². The zero-order valence-electron chi connectivity index (χ0n) is 10.8. The van der Waals surface area contributed by atoms with Gasteiger partial charge in [0.2, 0.25) is 0 Å². The molecular weight excluding hydrogens is 229 g/mol. The number of hydrogen-bond donors (Lipinski definition) is 1. The van der Waals surface area contributed by atoms with Crippen LogP contribution in [0, 0.1) is 11.8 Å². The van der Waals surface area contributed by atoms with Gasteiger partial charge in [-0.1, -0.05) is 20.8 Å². The van der Waals surface area contributed by atoms with Gasteiger partial charge in [-0.05, 0) is 24.8 Å². The molecule has 0 radical (unpaired) electrons. The Hall–Kier alpha value is -0.290. The Balaban J connectivity index is 2.48. The van der Waals surface area contributed by atoms with Crippen molar-refractivity contribution in [2.45, 2.75) is 39.4 Å². The average molecular weight is 252 g/mol. The van der Waals surface area contributed by atoms with Crippen molar-refractivity contribution in [3.05, 3.63) is 0 Å². The second-order valence-electron chi connectivity index (χ2n) is 5.28. The van der Waals surface area contributed by atoms with E-state index in [2.05, 4.69) is 31.0 Å². The number of piperidine rings is 1. The third kappa shape index (κ3) is 5.25. The number of alkyl halides is 3. The summed E-state index contributed by atoms with van der Waals surface area (Å²) in [6, 6.07) is -0.0299. The van der Waals surface area contributed by atoms with E-state index >= 15 is 0 Å². The van der Waals surface area contributed by atoms with Gasteiger partial charge in [0.05, 0.1) is 6.54 Å². The lowest BCUT2D eigenvalue weighted by molar-refractivity contribution is -0.127. The number of likely N-dealkylation sites (tertiary alicyclic amines) is 1. The van der Waals surface area contributed by atoms with Crippen LogP contribution in [-0.2, 0) is 0 Å². The van der Waals surface area contributed by atoms with E-state index < -0.39 is 12.7 Å². The van der Waals surface area contributed by atoms with E-state index in [1.807, 2.05) is 0 Å². The fourth-order valence-corrected chi connectivity index (χ4v) is 2.38. The lowest BCUT2D eigenvalue weighted by Crippen LogP contribution is -2.51. The van der Waals surface area contributed by atoms with Crippen LogP contribution in [0.15, 0.2) is 0 Å². The van der Waals surface area contributed by atoms with Crippen LogP contribution < -0.4 is 5.32 Å². The number of rotatable bonds is 4. The van der Waals surface area contributed by atoms with Gasteiger partial charge in [-0.15, -0.1) is 0 Å². The molecule has 1 aliphatic heterocycles. The van der Waals surface area contributed by atoms with E-state index in [1.54, 1.807) is 0 Å². The van der Waals surface area contributed by atoms with Crippen molar-refractivity contribution < 1.29 is 13.2 Å². The van der Waals surface area contributed by atoms with Crippen LogP contribution in [0.2, 0.25) is 0 Å². The van der Waals surface area contributed by atoms with Crippen molar-refractivity contribution in [1.82, 2.24) is 10.2 Å². The first-order valence-corrected chi connectivity index (χ1v) is 6.34. The molecule has 2 atom stereocenters. The van der Waals surface area contributed by atoms with Gasteiger partial charge in [0.25, 0.3) is 0 Å². The third-order valence-corrected chi connectivity index (χ3v) is 3.54. The molecular formula is C12H23F3N2. The summed E-state index contributed by atoms with van der Waals surface area (Å²) in [5.41, 5.74) is 0. The first-order valence-electron chi connectivity index (χ1n) is 6.34. The minimum absolute atomic E-state index is 0.0299. The van der Waals surface area contributed by atoms with Crippen molar-refractivity contribution in [3.63, 3.8) is 0 Å². The molecule has 2 unspecified atom stereocenters. The second kappa shape index (κ2) is 6.05. The first kappa shape index (κ1) is 14.8. The van der Waals surface area contributed by atoms with Crippen LogP contribution in [0.1, 0.15) is 27.2 Å². The van der Waals surface area contributed by atoms with Crippen LogP contribution in [0.4, 0.5) is 13.2 Å². The number of nitrogens with one attached hydrogen (secondary N) is 1. The minimum atomic E-state index is -4.11. The highest BCUT2D eigenvalue weighted by Crippen LogP contribution is 2.24. The Labute approximate surface area is 102 Å². The third-order valence-electron chi connectivity index (χ3n) is 3.54. The highest BCUT2D eigenvalue weighted by molar-refractivity contribution is 4.84. The summed E-state index contributed by atoms with van der Waals surface area (Å²) in [7, 11) is 0. The minimum Gasteiger partial charge on any atom is -0.305 e. The van der Waals surface area contributed by atoms with Gasteiger partial charge in [-0.3, -0.25) is 0 Å². The molecule has 0 aromatic carbocycles. The van der Waals surface area contributed by atoms with Gasteiger partial charge in [-0.2, -0.15) is 13.2 Å². The SMILES string of the molecule is CCN1CC(NCC(F)(F)F)CC(C(C)C)C1. The van der Waals surface area contributed by atoms with Crippen LogP contribution in [0.25, 0.3) is 0 Å². The Kier molecular flexibility index (Phi) is 5.25. The standard InChI is InChI=1S/C12H23F3N2/c1-4-17-6-10(9(2)3)5-11(7-17)16-8-12(13,14)15/h9-11,16H,4-8H2,1-3H3. The normalized spacial score (nSPS) is 27.7. The van der Waals surface area contributed by atoms with E-state index in [0.717, 1.165) is 26.1 Å². The van der Waals surface area contributed by atoms with Crippen LogP contribution >= 0.6 is 0 Å². The Morgan fingerprint density at radius 3 is 2.41 bits per heavy atom. The molecule has 0 aromatic rings. The molecule has 17 heavy (non-hydrogen) atoms. The van der Waals surface area contributed by atoms with Crippen LogP contribution in [-0.4, -0.2) is 43.3 Å². The maximum atomic E-state index is 12.2. The maximum Gasteiger partial charge on any atom is 0.401 e. The van der Waals surface area contributed by atoms with E-state index in [4.69, 9.17) is 0 Å². The molecule has 0 bridgehead atoms. The zero-order chi connectivity index (χ0) is 13.1. The summed E-state index contributed by atoms with van der Waals surface area (Å²) in [5.74, 6) is 1.02. The van der Waals surface area contributed by atoms with Crippen molar-refractivity contribution >= 4 is 0 Å². The largest absolute Gasteiger partial charge is 0.401 e. The van der Waals surface area contributed by atoms with Crippen molar-refractivity contribution in [2.75, 3.05) is 26.2 Å². The molecule has 1 fully saturated rings. The summed E-state index contributed by atoms with van der Waals surface area (Å²) < 4.78 is 36.5. The van der Waals surface area contributed by atoms with E-state index in [-0.39, 0.29) is 6.04 Å². The first-order chi connectivity index (χ1) is 7.81. The molecule has 5 heteroatoms. The van der Waals surface area contributed by atoms with E-state index in [1.165, 1.54) is 0 Å². The maximum absolute atomic E-state index is 12.2. The summed E-state index contributed by atoms with van der Waals surface area (Å²) >= 11 is 0. The van der Waals surface area contributed by atoms with Crippen molar-refractivity contribution in [3.8, 4) is 0 Å². The number of hydrogen-bond acceptors (Lipinski definition) is 2. The monoisotopic (exact) mass is 252 g/mol. The van der Waals surface area contributed by atoms with Gasteiger partial charge in [0.15, 0.2) is 0 Å². The summed E-state index contributed by atoms with van der Waals surface area (Å²) in [5, 5.41) is 2.64. The van der Waals surface area contributed by atoms with Crippen molar-refractivity contribution in [1.29, 1.82) is 0 Å². The zero-order valence-corrected chi connectivity index (χ0v) is 10.8. The number of nitrogens with zero attached hydrogens (tertiary/aromatic N) is 1. The molecule has 0 aromatic heterocycles.